The van der Waals surface area contributed by atoms with Gasteiger partial charge in [0.1, 0.15) is 0 Å². The van der Waals surface area contributed by atoms with Gasteiger partial charge in [0.05, 0.1) is 11.0 Å². The molecule has 1 heterocycles. The number of carbonyl (C=O) groups is 1. The number of piperidine rings is 1. The van der Waals surface area contributed by atoms with Crippen molar-refractivity contribution < 1.29 is 17.9 Å². The molecule has 0 radical (unpaired) electrons. The highest BCUT2D eigenvalue weighted by molar-refractivity contribution is 7.89. The van der Waals surface area contributed by atoms with Gasteiger partial charge in [0.2, 0.25) is 10.0 Å². The third kappa shape index (κ3) is 5.78. The molecule has 7 heteroatoms. The average molecular weight is 409 g/mol. The van der Waals surface area contributed by atoms with Crippen molar-refractivity contribution >= 4 is 15.9 Å². The van der Waals surface area contributed by atoms with E-state index in [1.54, 1.807) is 18.2 Å². The first-order chi connectivity index (χ1) is 13.6. The Morgan fingerprint density at radius 3 is 2.54 bits per heavy atom. The monoisotopic (exact) mass is 408 g/mol. The van der Waals surface area contributed by atoms with E-state index in [-0.39, 0.29) is 10.8 Å². The Labute approximate surface area is 168 Å². The van der Waals surface area contributed by atoms with Gasteiger partial charge in [0, 0.05) is 31.8 Å². The molecule has 1 aromatic carbocycles. The molecule has 2 aliphatic rings. The zero-order chi connectivity index (χ0) is 19.8. The molecule has 1 aliphatic carbocycles. The van der Waals surface area contributed by atoms with E-state index >= 15 is 0 Å². The van der Waals surface area contributed by atoms with Gasteiger partial charge in [-0.15, -0.1) is 0 Å². The number of nitrogens with zero attached hydrogens (tertiary/aromatic N) is 1. The summed E-state index contributed by atoms with van der Waals surface area (Å²) in [7, 11) is -3.53. The molecular formula is C21H32N2O4S. The van der Waals surface area contributed by atoms with Gasteiger partial charge in [-0.2, -0.15) is 4.31 Å². The largest absolute Gasteiger partial charge is 0.378 e. The number of amides is 1. The highest BCUT2D eigenvalue weighted by Gasteiger charge is 2.26. The van der Waals surface area contributed by atoms with Crippen molar-refractivity contribution in [2.24, 2.45) is 0 Å². The zero-order valence-electron chi connectivity index (χ0n) is 16.6. The molecule has 28 heavy (non-hydrogen) atoms. The Morgan fingerprint density at radius 1 is 1.07 bits per heavy atom. The van der Waals surface area contributed by atoms with Crippen LogP contribution in [0.4, 0.5) is 0 Å². The van der Waals surface area contributed by atoms with E-state index in [0.29, 0.717) is 37.9 Å². The van der Waals surface area contributed by atoms with Gasteiger partial charge in [0.25, 0.3) is 5.91 Å². The van der Waals surface area contributed by atoms with Gasteiger partial charge in [-0.25, -0.2) is 8.42 Å². The number of ether oxygens (including phenoxy) is 1. The van der Waals surface area contributed by atoms with Crippen LogP contribution in [0.25, 0.3) is 0 Å². The summed E-state index contributed by atoms with van der Waals surface area (Å²) in [6, 6.07) is 6.34. The summed E-state index contributed by atoms with van der Waals surface area (Å²) in [5.74, 6) is -0.242. The number of benzene rings is 1. The highest BCUT2D eigenvalue weighted by Crippen LogP contribution is 2.22. The predicted octanol–water partition coefficient (Wildman–Crippen LogP) is 3.33. The second kappa shape index (κ2) is 10.4. The minimum atomic E-state index is -3.53. The maximum atomic E-state index is 12.8. The first-order valence-electron chi connectivity index (χ1n) is 10.6. The van der Waals surface area contributed by atoms with E-state index in [9.17, 15) is 13.2 Å². The molecule has 1 amide bonds. The third-order valence-electron chi connectivity index (χ3n) is 5.56. The Kier molecular flexibility index (Phi) is 7.88. The van der Waals surface area contributed by atoms with Crippen LogP contribution in [0.1, 0.15) is 68.1 Å². The van der Waals surface area contributed by atoms with Crippen LogP contribution in [-0.2, 0) is 14.8 Å². The number of carbonyl (C=O) groups excluding carboxylic acids is 1. The molecule has 0 atom stereocenters. The summed E-state index contributed by atoms with van der Waals surface area (Å²) < 4.78 is 33.0. The molecule has 1 saturated heterocycles. The van der Waals surface area contributed by atoms with Crippen LogP contribution in [0.15, 0.2) is 29.2 Å². The molecule has 0 unspecified atom stereocenters. The first-order valence-corrected chi connectivity index (χ1v) is 12.0. The fourth-order valence-electron chi connectivity index (χ4n) is 3.91. The van der Waals surface area contributed by atoms with E-state index in [0.717, 1.165) is 38.5 Å². The van der Waals surface area contributed by atoms with Crippen molar-refractivity contribution in [3.8, 4) is 0 Å². The van der Waals surface area contributed by atoms with Gasteiger partial charge in [-0.1, -0.05) is 31.7 Å². The zero-order valence-corrected chi connectivity index (χ0v) is 17.4. The van der Waals surface area contributed by atoms with Crippen LogP contribution in [0.2, 0.25) is 0 Å². The lowest BCUT2D eigenvalue weighted by Gasteiger charge is -2.26. The Balaban J connectivity index is 1.48. The molecule has 156 valence electrons. The van der Waals surface area contributed by atoms with Crippen molar-refractivity contribution in [2.45, 2.75) is 68.8 Å². The van der Waals surface area contributed by atoms with Gasteiger partial charge in [-0.05, 0) is 50.3 Å². The predicted molar refractivity (Wildman–Crippen MR) is 109 cm³/mol. The molecule has 1 saturated carbocycles. The molecule has 0 aromatic heterocycles. The van der Waals surface area contributed by atoms with E-state index in [2.05, 4.69) is 5.32 Å². The molecular weight excluding hydrogens is 376 g/mol. The second-order valence-corrected chi connectivity index (χ2v) is 9.67. The third-order valence-corrected chi connectivity index (χ3v) is 7.46. The number of sulfonamides is 1. The van der Waals surface area contributed by atoms with Crippen LogP contribution in [0.5, 0.6) is 0 Å². The summed E-state index contributed by atoms with van der Waals surface area (Å²) in [6.07, 6.45) is 10.1. The van der Waals surface area contributed by atoms with Crippen molar-refractivity contribution in [2.75, 3.05) is 26.2 Å². The van der Waals surface area contributed by atoms with Crippen LogP contribution in [0.3, 0.4) is 0 Å². The number of rotatable bonds is 8. The SMILES string of the molecule is O=C(NCCCOC1CCCCC1)c1cccc(S(=O)(=O)N2CCCCC2)c1. The number of hydrogen-bond donors (Lipinski definition) is 1. The topological polar surface area (TPSA) is 75.7 Å². The lowest BCUT2D eigenvalue weighted by Crippen LogP contribution is -2.35. The van der Waals surface area contributed by atoms with Crippen LogP contribution < -0.4 is 5.32 Å². The Bertz CT molecular complexity index is 739. The molecule has 1 aromatic rings. The van der Waals surface area contributed by atoms with Crippen LogP contribution >= 0.6 is 0 Å². The summed E-state index contributed by atoms with van der Waals surface area (Å²) in [5, 5.41) is 2.87. The first kappa shape index (κ1) is 21.3. The van der Waals surface area contributed by atoms with Gasteiger partial charge in [0.15, 0.2) is 0 Å². The van der Waals surface area contributed by atoms with Crippen LogP contribution in [0, 0.1) is 0 Å². The maximum Gasteiger partial charge on any atom is 0.251 e. The fraction of sp³-hybridized carbons (Fsp3) is 0.667. The van der Waals surface area contributed by atoms with Crippen molar-refractivity contribution in [1.29, 1.82) is 0 Å². The van der Waals surface area contributed by atoms with Crippen molar-refractivity contribution in [3.63, 3.8) is 0 Å². The van der Waals surface area contributed by atoms with E-state index in [4.69, 9.17) is 4.74 Å². The standard InChI is InChI=1S/C21H32N2O4S/c24-21(22-13-8-16-27-19-10-3-1-4-11-19)18-9-7-12-20(17-18)28(25,26)23-14-5-2-6-15-23/h7,9,12,17,19H,1-6,8,10-11,13-16H2,(H,22,24). The second-order valence-electron chi connectivity index (χ2n) is 7.73. The quantitative estimate of drug-likeness (QED) is 0.670. The molecule has 2 fully saturated rings. The van der Waals surface area contributed by atoms with Gasteiger partial charge in [-0.3, -0.25) is 4.79 Å². The normalized spacial score (nSPS) is 19.4. The van der Waals surface area contributed by atoms with E-state index in [1.165, 1.54) is 29.6 Å². The minimum absolute atomic E-state index is 0.197. The number of nitrogens with one attached hydrogen (secondary N) is 1. The molecule has 0 bridgehead atoms. The fourth-order valence-corrected chi connectivity index (χ4v) is 5.47. The number of hydrogen-bond acceptors (Lipinski definition) is 4. The van der Waals surface area contributed by atoms with Gasteiger partial charge >= 0.3 is 0 Å². The average Bonchev–Trinajstić information content (AvgIpc) is 2.75. The van der Waals surface area contributed by atoms with Gasteiger partial charge < -0.3 is 10.1 Å². The smallest absolute Gasteiger partial charge is 0.251 e. The molecule has 1 N–H and O–H groups in total. The summed E-state index contributed by atoms with van der Waals surface area (Å²) in [5.41, 5.74) is 0.381. The van der Waals surface area contributed by atoms with Crippen molar-refractivity contribution in [1.82, 2.24) is 9.62 Å². The Morgan fingerprint density at radius 2 is 1.79 bits per heavy atom. The summed E-state index contributed by atoms with van der Waals surface area (Å²) >= 11 is 0. The minimum Gasteiger partial charge on any atom is -0.378 e. The maximum absolute atomic E-state index is 12.8. The molecule has 0 spiro atoms. The highest BCUT2D eigenvalue weighted by atomic mass is 32.2. The lowest BCUT2D eigenvalue weighted by atomic mass is 9.98. The molecule has 3 rings (SSSR count). The Hall–Kier alpha value is -1.44. The van der Waals surface area contributed by atoms with Crippen molar-refractivity contribution in [3.05, 3.63) is 29.8 Å². The van der Waals surface area contributed by atoms with E-state index < -0.39 is 10.0 Å². The van der Waals surface area contributed by atoms with Crippen LogP contribution in [-0.4, -0.2) is 51.0 Å². The molecule has 6 nitrogen and oxygen atoms in total. The molecule has 1 aliphatic heterocycles. The summed E-state index contributed by atoms with van der Waals surface area (Å²) in [6.45, 7) is 2.28. The summed E-state index contributed by atoms with van der Waals surface area (Å²) in [4.78, 5) is 12.6. The van der Waals surface area contributed by atoms with E-state index in [1.807, 2.05) is 0 Å². The lowest BCUT2D eigenvalue weighted by molar-refractivity contribution is 0.0273.